The zero-order valence-electron chi connectivity index (χ0n) is 10.2. The van der Waals surface area contributed by atoms with Crippen molar-refractivity contribution in [3.05, 3.63) is 29.6 Å². The molecule has 1 aliphatic heterocycles. The summed E-state index contributed by atoms with van der Waals surface area (Å²) in [7, 11) is -2.99. The standard InChI is InChI=1S/C12H15FN2O2S2/c13-8-3-4-11(10(6-8)12(14)18)15-9-2-1-5-19(16,17)7-9/h3-4,6,9,15H,1-2,5,7H2,(H2,14,18). The van der Waals surface area contributed by atoms with E-state index in [2.05, 4.69) is 5.32 Å². The molecule has 7 heteroatoms. The van der Waals surface area contributed by atoms with Crippen molar-refractivity contribution in [1.82, 2.24) is 0 Å². The summed E-state index contributed by atoms with van der Waals surface area (Å²) in [4.78, 5) is 0.0840. The van der Waals surface area contributed by atoms with E-state index in [1.165, 1.54) is 18.2 Å². The number of nitrogens with one attached hydrogen (secondary N) is 1. The second-order valence-corrected chi connectivity index (χ2v) is 7.32. The van der Waals surface area contributed by atoms with Crippen LogP contribution in [-0.2, 0) is 9.84 Å². The predicted molar refractivity (Wildman–Crippen MR) is 77.6 cm³/mol. The second-order valence-electron chi connectivity index (χ2n) is 4.65. The quantitative estimate of drug-likeness (QED) is 0.827. The first-order chi connectivity index (χ1) is 8.87. The van der Waals surface area contributed by atoms with Crippen molar-refractivity contribution in [3.63, 3.8) is 0 Å². The molecule has 1 atom stereocenters. The summed E-state index contributed by atoms with van der Waals surface area (Å²) in [5.41, 5.74) is 6.53. The average Bonchev–Trinajstić information content (AvgIpc) is 2.30. The molecule has 1 aliphatic rings. The van der Waals surface area contributed by atoms with E-state index in [-0.39, 0.29) is 22.5 Å². The molecule has 1 fully saturated rings. The first kappa shape index (κ1) is 14.2. The van der Waals surface area contributed by atoms with Gasteiger partial charge in [-0.2, -0.15) is 0 Å². The summed E-state index contributed by atoms with van der Waals surface area (Å²) in [6.07, 6.45) is 1.39. The minimum atomic E-state index is -2.99. The lowest BCUT2D eigenvalue weighted by Crippen LogP contribution is -2.35. The first-order valence-corrected chi connectivity index (χ1v) is 8.17. The largest absolute Gasteiger partial charge is 0.389 e. The van der Waals surface area contributed by atoms with Gasteiger partial charge in [-0.1, -0.05) is 12.2 Å². The lowest BCUT2D eigenvalue weighted by molar-refractivity contribution is 0.562. The number of anilines is 1. The van der Waals surface area contributed by atoms with Crippen LogP contribution >= 0.6 is 12.2 Å². The Morgan fingerprint density at radius 3 is 2.84 bits per heavy atom. The van der Waals surface area contributed by atoms with Gasteiger partial charge in [0, 0.05) is 17.3 Å². The summed E-state index contributed by atoms with van der Waals surface area (Å²) in [6.45, 7) is 0. The van der Waals surface area contributed by atoms with Gasteiger partial charge in [-0.15, -0.1) is 0 Å². The van der Waals surface area contributed by atoms with E-state index in [0.717, 1.165) is 6.42 Å². The Morgan fingerprint density at radius 2 is 2.21 bits per heavy atom. The molecule has 1 aromatic carbocycles. The Kier molecular flexibility index (Phi) is 4.05. The fourth-order valence-electron chi connectivity index (χ4n) is 2.20. The molecule has 1 unspecified atom stereocenters. The number of hydrogen-bond acceptors (Lipinski definition) is 4. The van der Waals surface area contributed by atoms with Crippen LogP contribution in [0.4, 0.5) is 10.1 Å². The van der Waals surface area contributed by atoms with E-state index in [1.807, 2.05) is 0 Å². The molecule has 0 aliphatic carbocycles. The molecule has 0 amide bonds. The molecule has 4 nitrogen and oxygen atoms in total. The van der Waals surface area contributed by atoms with Crippen molar-refractivity contribution in [2.45, 2.75) is 18.9 Å². The van der Waals surface area contributed by atoms with Crippen molar-refractivity contribution < 1.29 is 12.8 Å². The molecule has 1 heterocycles. The maximum Gasteiger partial charge on any atom is 0.152 e. The number of benzene rings is 1. The van der Waals surface area contributed by atoms with Crippen LogP contribution < -0.4 is 11.1 Å². The van der Waals surface area contributed by atoms with Crippen molar-refractivity contribution in [2.24, 2.45) is 5.73 Å². The second kappa shape index (κ2) is 5.42. The van der Waals surface area contributed by atoms with Gasteiger partial charge in [0.05, 0.1) is 11.5 Å². The number of nitrogens with two attached hydrogens (primary N) is 1. The number of thiocarbonyl (C=S) groups is 1. The molecular formula is C12H15FN2O2S2. The number of halogens is 1. The topological polar surface area (TPSA) is 72.2 Å². The molecule has 0 bridgehead atoms. The van der Waals surface area contributed by atoms with Gasteiger partial charge >= 0.3 is 0 Å². The van der Waals surface area contributed by atoms with E-state index in [4.69, 9.17) is 18.0 Å². The Morgan fingerprint density at radius 1 is 1.47 bits per heavy atom. The van der Waals surface area contributed by atoms with Crippen LogP contribution in [-0.4, -0.2) is 31.0 Å². The highest BCUT2D eigenvalue weighted by atomic mass is 32.2. The molecule has 0 radical (unpaired) electrons. The van der Waals surface area contributed by atoms with E-state index in [0.29, 0.717) is 17.7 Å². The van der Waals surface area contributed by atoms with E-state index in [1.54, 1.807) is 0 Å². The predicted octanol–water partition coefficient (Wildman–Crippen LogP) is 1.45. The normalized spacial score (nSPS) is 21.8. The molecule has 1 aromatic rings. The van der Waals surface area contributed by atoms with Gasteiger partial charge in [-0.3, -0.25) is 0 Å². The van der Waals surface area contributed by atoms with Crippen LogP contribution in [0.25, 0.3) is 0 Å². The number of hydrogen-bond donors (Lipinski definition) is 2. The van der Waals surface area contributed by atoms with Crippen LogP contribution in [0.15, 0.2) is 18.2 Å². The van der Waals surface area contributed by atoms with Gasteiger partial charge < -0.3 is 11.1 Å². The number of sulfone groups is 1. The molecule has 2 rings (SSSR count). The van der Waals surface area contributed by atoms with Crippen LogP contribution in [0.3, 0.4) is 0 Å². The minimum Gasteiger partial charge on any atom is -0.389 e. The molecule has 19 heavy (non-hydrogen) atoms. The Bertz CT molecular complexity index is 602. The Hall–Kier alpha value is -1.21. The van der Waals surface area contributed by atoms with Gasteiger partial charge in [-0.05, 0) is 31.0 Å². The molecule has 0 aromatic heterocycles. The zero-order chi connectivity index (χ0) is 14.0. The molecule has 0 saturated carbocycles. The zero-order valence-corrected chi connectivity index (χ0v) is 11.9. The molecule has 3 N–H and O–H groups in total. The number of rotatable bonds is 3. The minimum absolute atomic E-state index is 0.0840. The molecular weight excluding hydrogens is 287 g/mol. The fraction of sp³-hybridized carbons (Fsp3) is 0.417. The van der Waals surface area contributed by atoms with Crippen molar-refractivity contribution >= 4 is 32.7 Å². The third-order valence-corrected chi connectivity index (χ3v) is 5.11. The van der Waals surface area contributed by atoms with Crippen molar-refractivity contribution in [3.8, 4) is 0 Å². The smallest absolute Gasteiger partial charge is 0.152 e. The first-order valence-electron chi connectivity index (χ1n) is 5.94. The van der Waals surface area contributed by atoms with Crippen LogP contribution in [0.2, 0.25) is 0 Å². The van der Waals surface area contributed by atoms with E-state index in [9.17, 15) is 12.8 Å². The van der Waals surface area contributed by atoms with Gasteiger partial charge in [0.1, 0.15) is 10.8 Å². The molecule has 104 valence electrons. The summed E-state index contributed by atoms with van der Waals surface area (Å²) in [5.74, 6) is -0.109. The van der Waals surface area contributed by atoms with Crippen LogP contribution in [0.1, 0.15) is 18.4 Å². The Labute approximate surface area is 117 Å². The third kappa shape index (κ3) is 3.63. The third-order valence-electron chi connectivity index (χ3n) is 3.07. The fourth-order valence-corrected chi connectivity index (χ4v) is 4.01. The van der Waals surface area contributed by atoms with Crippen molar-refractivity contribution in [1.29, 1.82) is 0 Å². The summed E-state index contributed by atoms with van der Waals surface area (Å²) < 4.78 is 36.3. The van der Waals surface area contributed by atoms with E-state index < -0.39 is 15.7 Å². The van der Waals surface area contributed by atoms with Gasteiger partial charge in [0.25, 0.3) is 0 Å². The highest BCUT2D eigenvalue weighted by Crippen LogP contribution is 2.22. The lowest BCUT2D eigenvalue weighted by atomic mass is 10.1. The Balaban J connectivity index is 2.21. The summed E-state index contributed by atoms with van der Waals surface area (Å²) in [6, 6.07) is 3.89. The SMILES string of the molecule is NC(=S)c1cc(F)ccc1NC1CCCS(=O)(=O)C1. The maximum absolute atomic E-state index is 13.2. The molecule has 0 spiro atoms. The highest BCUT2D eigenvalue weighted by molar-refractivity contribution is 7.91. The highest BCUT2D eigenvalue weighted by Gasteiger charge is 2.25. The molecule has 1 saturated heterocycles. The maximum atomic E-state index is 13.2. The van der Waals surface area contributed by atoms with Gasteiger partial charge in [0.2, 0.25) is 0 Å². The van der Waals surface area contributed by atoms with Crippen molar-refractivity contribution in [2.75, 3.05) is 16.8 Å². The van der Waals surface area contributed by atoms with Gasteiger partial charge in [-0.25, -0.2) is 12.8 Å². The summed E-state index contributed by atoms with van der Waals surface area (Å²) in [5, 5.41) is 3.10. The van der Waals surface area contributed by atoms with E-state index >= 15 is 0 Å². The van der Waals surface area contributed by atoms with Crippen LogP contribution in [0.5, 0.6) is 0 Å². The average molecular weight is 302 g/mol. The van der Waals surface area contributed by atoms with Gasteiger partial charge in [0.15, 0.2) is 9.84 Å². The monoisotopic (exact) mass is 302 g/mol. The van der Waals surface area contributed by atoms with Crippen LogP contribution in [0, 0.1) is 5.82 Å². The summed E-state index contributed by atoms with van der Waals surface area (Å²) >= 11 is 4.87. The lowest BCUT2D eigenvalue weighted by Gasteiger charge is -2.25.